The van der Waals surface area contributed by atoms with Crippen LogP contribution in [0.2, 0.25) is 0 Å². The molecule has 30 heavy (non-hydrogen) atoms. The Morgan fingerprint density at radius 3 is 1.83 bits per heavy atom. The van der Waals surface area contributed by atoms with E-state index in [-0.39, 0.29) is 0 Å². The first-order valence-corrected chi connectivity index (χ1v) is 8.88. The molecule has 1 fully saturated rings. The zero-order valence-corrected chi connectivity index (χ0v) is 17.0. The van der Waals surface area contributed by atoms with Gasteiger partial charge in [0.2, 0.25) is 0 Å². The maximum Gasteiger partial charge on any atom is 0.303 e. The summed E-state index contributed by atoms with van der Waals surface area (Å²) in [6.07, 6.45) is -6.81. The fourth-order valence-electron chi connectivity index (χ4n) is 2.60. The summed E-state index contributed by atoms with van der Waals surface area (Å²) < 4.78 is 31.4. The van der Waals surface area contributed by atoms with E-state index in [1.54, 1.807) is 0 Å². The number of esters is 4. The lowest BCUT2D eigenvalue weighted by molar-refractivity contribution is -0.448. The second kappa shape index (κ2) is 11.4. The second-order valence-corrected chi connectivity index (χ2v) is 6.42. The number of hydrogen-bond donors (Lipinski definition) is 1. The number of quaternary nitrogens is 1. The first-order valence-electron chi connectivity index (χ1n) is 8.88. The van der Waals surface area contributed by atoms with Crippen LogP contribution >= 0.6 is 0 Å². The third kappa shape index (κ3) is 7.93. The molecule has 0 bridgehead atoms. The van der Waals surface area contributed by atoms with Crippen molar-refractivity contribution in [2.24, 2.45) is 0 Å². The van der Waals surface area contributed by atoms with Crippen LogP contribution in [0.1, 0.15) is 27.7 Å². The molecule has 170 valence electrons. The smallest absolute Gasteiger partial charge is 0.303 e. The average molecular weight is 435 g/mol. The van der Waals surface area contributed by atoms with Crippen LogP contribution in [0.4, 0.5) is 0 Å². The summed E-state index contributed by atoms with van der Waals surface area (Å²) in [7, 11) is 0. The van der Waals surface area contributed by atoms with E-state index in [1.807, 2.05) is 0 Å². The molecule has 0 saturated carbocycles. The molecular formula is C17H25NO12. The minimum Gasteiger partial charge on any atom is -0.544 e. The number of aliphatic carboxylic acids is 1. The number of rotatable bonds is 9. The van der Waals surface area contributed by atoms with Crippen LogP contribution in [0.25, 0.3) is 0 Å². The number of carboxylic acids is 1. The van der Waals surface area contributed by atoms with Crippen molar-refractivity contribution in [3.8, 4) is 0 Å². The minimum absolute atomic E-state index is 0.425. The minimum atomic E-state index is -1.50. The van der Waals surface area contributed by atoms with E-state index in [1.165, 1.54) is 0 Å². The molecule has 0 amide bonds. The van der Waals surface area contributed by atoms with E-state index in [0.717, 1.165) is 27.7 Å². The van der Waals surface area contributed by atoms with Gasteiger partial charge in [0.1, 0.15) is 31.3 Å². The third-order valence-electron chi connectivity index (χ3n) is 3.74. The van der Waals surface area contributed by atoms with Gasteiger partial charge in [-0.05, 0) is 0 Å². The monoisotopic (exact) mass is 435 g/mol. The predicted octanol–water partition coefficient (Wildman–Crippen LogP) is -3.55. The van der Waals surface area contributed by atoms with E-state index >= 15 is 0 Å². The van der Waals surface area contributed by atoms with E-state index in [0.29, 0.717) is 0 Å². The van der Waals surface area contributed by atoms with E-state index < -0.39 is 79.8 Å². The highest BCUT2D eigenvalue weighted by Crippen LogP contribution is 2.29. The van der Waals surface area contributed by atoms with Crippen LogP contribution in [0.5, 0.6) is 0 Å². The molecule has 1 saturated heterocycles. The highest BCUT2D eigenvalue weighted by atomic mass is 16.7. The number of carbonyl (C=O) groups is 5. The summed E-state index contributed by atoms with van der Waals surface area (Å²) in [6.45, 7) is 3.44. The van der Waals surface area contributed by atoms with Gasteiger partial charge in [0.05, 0.1) is 0 Å². The fourth-order valence-corrected chi connectivity index (χ4v) is 2.60. The molecule has 0 aromatic carbocycles. The Morgan fingerprint density at radius 2 is 1.37 bits per heavy atom. The molecule has 0 aromatic heterocycles. The average Bonchev–Trinajstić information content (AvgIpc) is 2.60. The first kappa shape index (κ1) is 25.3. The predicted molar refractivity (Wildman–Crippen MR) is 89.6 cm³/mol. The van der Waals surface area contributed by atoms with Crippen molar-refractivity contribution < 1.29 is 63.2 Å². The van der Waals surface area contributed by atoms with Crippen LogP contribution in [-0.4, -0.2) is 79.8 Å². The molecule has 1 heterocycles. The first-order chi connectivity index (χ1) is 13.9. The van der Waals surface area contributed by atoms with Crippen molar-refractivity contribution in [3.05, 3.63) is 0 Å². The van der Waals surface area contributed by atoms with Gasteiger partial charge in [0, 0.05) is 27.7 Å². The third-order valence-corrected chi connectivity index (χ3v) is 3.74. The van der Waals surface area contributed by atoms with Gasteiger partial charge >= 0.3 is 23.9 Å². The number of carboxylic acid groups (broad SMARTS) is 1. The van der Waals surface area contributed by atoms with Crippen LogP contribution in [0.3, 0.4) is 0 Å². The van der Waals surface area contributed by atoms with E-state index in [9.17, 15) is 29.1 Å². The Balaban J connectivity index is 3.27. The fraction of sp³-hybridized carbons (Fsp3) is 0.706. The molecule has 3 N–H and O–H groups in total. The van der Waals surface area contributed by atoms with Crippen molar-refractivity contribution in [3.63, 3.8) is 0 Å². The van der Waals surface area contributed by atoms with Gasteiger partial charge in [0.25, 0.3) is 0 Å². The number of hydrogen-bond acceptors (Lipinski definition) is 12. The Labute approximate surface area is 171 Å². The zero-order valence-electron chi connectivity index (χ0n) is 17.0. The normalized spacial score (nSPS) is 26.8. The van der Waals surface area contributed by atoms with Crippen molar-refractivity contribution in [1.29, 1.82) is 0 Å². The zero-order chi connectivity index (χ0) is 23.0. The van der Waals surface area contributed by atoms with Gasteiger partial charge in [-0.15, -0.1) is 0 Å². The molecule has 0 aliphatic carbocycles. The largest absolute Gasteiger partial charge is 0.544 e. The van der Waals surface area contributed by atoms with Gasteiger partial charge < -0.3 is 44.1 Å². The molecule has 0 spiro atoms. The summed E-state index contributed by atoms with van der Waals surface area (Å²) in [5.41, 5.74) is 3.33. The Kier molecular flexibility index (Phi) is 9.62. The summed E-state index contributed by atoms with van der Waals surface area (Å²) >= 11 is 0. The lowest BCUT2D eigenvalue weighted by atomic mass is 9.98. The molecule has 0 unspecified atom stereocenters. The SMILES string of the molecule is CC(=O)OC[C@H]1O[C@@H](OC[C@H]([NH3+])C(=O)[O-])[C@H](OC(C)=O)[C@@H](OC(C)=O)[C@@H]1OC(C)=O. The topological polar surface area (TPSA) is 191 Å². The summed E-state index contributed by atoms with van der Waals surface area (Å²) in [4.78, 5) is 56.9. The molecule has 13 nitrogen and oxygen atoms in total. The van der Waals surface area contributed by atoms with E-state index in [4.69, 9.17) is 28.4 Å². The van der Waals surface area contributed by atoms with Crippen molar-refractivity contribution in [1.82, 2.24) is 0 Å². The second-order valence-electron chi connectivity index (χ2n) is 6.42. The molecule has 6 atom stereocenters. The van der Waals surface area contributed by atoms with Crippen molar-refractivity contribution >= 4 is 29.8 Å². The summed E-state index contributed by atoms with van der Waals surface area (Å²) in [6, 6.07) is -1.29. The highest BCUT2D eigenvalue weighted by Gasteiger charge is 2.52. The number of ether oxygens (including phenoxy) is 6. The van der Waals surface area contributed by atoms with Gasteiger partial charge in [-0.1, -0.05) is 0 Å². The lowest BCUT2D eigenvalue weighted by Gasteiger charge is -2.44. The van der Waals surface area contributed by atoms with Crippen molar-refractivity contribution in [2.45, 2.75) is 64.4 Å². The molecule has 1 aliphatic heterocycles. The van der Waals surface area contributed by atoms with Crippen LogP contribution in [-0.2, 0) is 52.4 Å². The Morgan fingerprint density at radius 1 is 0.867 bits per heavy atom. The summed E-state index contributed by atoms with van der Waals surface area (Å²) in [5, 5.41) is 10.9. The Hall–Kier alpha value is -2.77. The van der Waals surface area contributed by atoms with Gasteiger partial charge in [0.15, 0.2) is 24.6 Å². The van der Waals surface area contributed by atoms with Gasteiger partial charge in [-0.3, -0.25) is 19.2 Å². The number of carbonyl (C=O) groups excluding carboxylic acids is 5. The molecule has 0 radical (unpaired) electrons. The highest BCUT2D eigenvalue weighted by molar-refractivity contribution is 5.69. The molecule has 1 aliphatic rings. The molecule has 13 heteroatoms. The van der Waals surface area contributed by atoms with Crippen LogP contribution in [0.15, 0.2) is 0 Å². The quantitative estimate of drug-likeness (QED) is 0.277. The van der Waals surface area contributed by atoms with E-state index in [2.05, 4.69) is 5.73 Å². The van der Waals surface area contributed by atoms with Gasteiger partial charge in [-0.2, -0.15) is 0 Å². The van der Waals surface area contributed by atoms with Gasteiger partial charge in [-0.25, -0.2) is 0 Å². The molecule has 1 rings (SSSR count). The standard InChI is InChI=1S/C17H25NO12/c1-7(19)25-6-12-13(27-8(2)20)14(28-9(3)21)15(29-10(4)22)17(30-12)26-5-11(18)16(23)24/h11-15,17H,5-6,18H2,1-4H3,(H,23,24)/t11-,12+,13+,14-,15+,17+/m0/s1. The summed E-state index contributed by atoms with van der Waals surface area (Å²) in [5.74, 6) is -4.55. The molecular weight excluding hydrogens is 410 g/mol. The maximum atomic E-state index is 11.6. The maximum absolute atomic E-state index is 11.6. The van der Waals surface area contributed by atoms with Crippen LogP contribution in [0, 0.1) is 0 Å². The van der Waals surface area contributed by atoms with Crippen molar-refractivity contribution in [2.75, 3.05) is 13.2 Å². The lowest BCUT2D eigenvalue weighted by Crippen LogP contribution is -2.71. The molecule has 0 aromatic rings. The van der Waals surface area contributed by atoms with Crippen LogP contribution < -0.4 is 10.8 Å². The Bertz CT molecular complexity index is 665.